The maximum Gasteiger partial charge on any atom is 0.228 e. The molecule has 0 saturated heterocycles. The minimum Gasteiger partial charge on any atom is -0.389 e. The second-order valence-corrected chi connectivity index (χ2v) is 5.54. The van der Waals surface area contributed by atoms with Crippen molar-refractivity contribution in [2.75, 3.05) is 5.32 Å². The number of thiocarbonyl (C=S) groups is 1. The predicted octanol–water partition coefficient (Wildman–Crippen LogP) is 3.12. The third-order valence-electron chi connectivity index (χ3n) is 3.31. The third-order valence-corrected chi connectivity index (χ3v) is 3.54. The molecule has 2 aromatic rings. The fourth-order valence-corrected chi connectivity index (χ4v) is 2.22. The second-order valence-electron chi connectivity index (χ2n) is 5.10. The summed E-state index contributed by atoms with van der Waals surface area (Å²) in [4.78, 5) is 12.5. The van der Waals surface area contributed by atoms with Crippen molar-refractivity contribution >= 4 is 28.8 Å². The Balaban J connectivity index is 2.04. The summed E-state index contributed by atoms with van der Waals surface area (Å²) in [5.41, 5.74) is 10.4. The molecule has 0 radical (unpaired) electrons. The number of benzene rings is 2. The zero-order valence-corrected chi connectivity index (χ0v) is 13.0. The van der Waals surface area contributed by atoms with Gasteiger partial charge in [-0.1, -0.05) is 36.0 Å². The molecule has 4 heteroatoms. The first-order valence-electron chi connectivity index (χ1n) is 6.71. The Morgan fingerprint density at radius 1 is 1.14 bits per heavy atom. The molecule has 2 aromatic carbocycles. The first-order valence-corrected chi connectivity index (χ1v) is 7.12. The van der Waals surface area contributed by atoms with Crippen LogP contribution >= 0.6 is 12.2 Å². The summed E-state index contributed by atoms with van der Waals surface area (Å²) in [6.07, 6.45) is 0.366. The Labute approximate surface area is 130 Å². The number of hydrogen-bond donors (Lipinski definition) is 2. The summed E-state index contributed by atoms with van der Waals surface area (Å²) in [6, 6.07) is 13.3. The molecule has 0 atom stereocenters. The summed E-state index contributed by atoms with van der Waals surface area (Å²) in [7, 11) is 0. The molecule has 0 fully saturated rings. The van der Waals surface area contributed by atoms with Gasteiger partial charge in [0.05, 0.1) is 6.42 Å². The molecule has 0 heterocycles. The van der Waals surface area contributed by atoms with Crippen molar-refractivity contribution in [3.05, 3.63) is 64.7 Å². The molecule has 0 aliphatic carbocycles. The van der Waals surface area contributed by atoms with E-state index in [0.29, 0.717) is 11.4 Å². The van der Waals surface area contributed by atoms with Crippen LogP contribution in [-0.4, -0.2) is 10.9 Å². The smallest absolute Gasteiger partial charge is 0.228 e. The van der Waals surface area contributed by atoms with Gasteiger partial charge in [-0.05, 0) is 49.2 Å². The average molecular weight is 298 g/mol. The fraction of sp³-hybridized carbons (Fsp3) is 0.176. The molecular formula is C17H18N2OS. The van der Waals surface area contributed by atoms with Crippen LogP contribution in [0.2, 0.25) is 0 Å². The van der Waals surface area contributed by atoms with Gasteiger partial charge in [0.2, 0.25) is 5.91 Å². The Kier molecular flexibility index (Phi) is 4.70. The van der Waals surface area contributed by atoms with Crippen LogP contribution in [0.5, 0.6) is 0 Å². The molecule has 0 aliphatic rings. The number of carbonyl (C=O) groups is 1. The van der Waals surface area contributed by atoms with Crippen molar-refractivity contribution in [1.29, 1.82) is 0 Å². The molecule has 0 aliphatic heterocycles. The minimum absolute atomic E-state index is 0.0354. The highest BCUT2D eigenvalue weighted by Crippen LogP contribution is 2.14. The Morgan fingerprint density at radius 2 is 1.81 bits per heavy atom. The first kappa shape index (κ1) is 15.2. The lowest BCUT2D eigenvalue weighted by Crippen LogP contribution is -2.15. The van der Waals surface area contributed by atoms with E-state index in [1.54, 1.807) is 24.3 Å². The van der Waals surface area contributed by atoms with E-state index in [9.17, 15) is 4.79 Å². The maximum absolute atomic E-state index is 12.1. The van der Waals surface area contributed by atoms with Crippen molar-refractivity contribution in [1.82, 2.24) is 0 Å². The summed E-state index contributed by atoms with van der Waals surface area (Å²) in [5.74, 6) is -0.0354. The Morgan fingerprint density at radius 3 is 2.43 bits per heavy atom. The van der Waals surface area contributed by atoms with Gasteiger partial charge in [-0.2, -0.15) is 0 Å². The van der Waals surface area contributed by atoms with Gasteiger partial charge >= 0.3 is 0 Å². The Bertz CT molecular complexity index is 678. The zero-order valence-electron chi connectivity index (χ0n) is 12.1. The molecule has 2 rings (SSSR count). The van der Waals surface area contributed by atoms with Crippen LogP contribution < -0.4 is 11.1 Å². The van der Waals surface area contributed by atoms with Crippen LogP contribution in [0.1, 0.15) is 22.3 Å². The number of amides is 1. The van der Waals surface area contributed by atoms with Gasteiger partial charge in [0, 0.05) is 11.3 Å². The Hall–Kier alpha value is -2.20. The molecule has 108 valence electrons. The molecule has 21 heavy (non-hydrogen) atoms. The van der Waals surface area contributed by atoms with Gasteiger partial charge in [0.15, 0.2) is 0 Å². The summed E-state index contributed by atoms with van der Waals surface area (Å²) in [5, 5.41) is 2.88. The normalized spacial score (nSPS) is 10.2. The van der Waals surface area contributed by atoms with Gasteiger partial charge < -0.3 is 11.1 Å². The topological polar surface area (TPSA) is 55.1 Å². The summed E-state index contributed by atoms with van der Waals surface area (Å²) in [6.45, 7) is 4.04. The predicted molar refractivity (Wildman–Crippen MR) is 90.6 cm³/mol. The lowest BCUT2D eigenvalue weighted by atomic mass is 10.0. The molecule has 0 unspecified atom stereocenters. The summed E-state index contributed by atoms with van der Waals surface area (Å²) >= 11 is 4.90. The van der Waals surface area contributed by atoms with Crippen molar-refractivity contribution in [3.63, 3.8) is 0 Å². The molecule has 3 N–H and O–H groups in total. The SMILES string of the molecule is Cc1ccc(C)c(CC(=O)Nc2ccc(C(N)=S)cc2)c1. The zero-order chi connectivity index (χ0) is 15.4. The van der Waals surface area contributed by atoms with E-state index < -0.39 is 0 Å². The van der Waals surface area contributed by atoms with Gasteiger partial charge in [-0.15, -0.1) is 0 Å². The van der Waals surface area contributed by atoms with Crippen LogP contribution in [-0.2, 0) is 11.2 Å². The molecule has 0 aromatic heterocycles. The highest BCUT2D eigenvalue weighted by molar-refractivity contribution is 7.80. The van der Waals surface area contributed by atoms with E-state index in [4.69, 9.17) is 18.0 Å². The van der Waals surface area contributed by atoms with Gasteiger partial charge in [-0.3, -0.25) is 4.79 Å². The molecular weight excluding hydrogens is 280 g/mol. The van der Waals surface area contributed by atoms with Crippen molar-refractivity contribution in [2.45, 2.75) is 20.3 Å². The van der Waals surface area contributed by atoms with Crippen LogP contribution in [0.25, 0.3) is 0 Å². The second kappa shape index (κ2) is 6.50. The van der Waals surface area contributed by atoms with Crippen LogP contribution in [0.3, 0.4) is 0 Å². The maximum atomic E-state index is 12.1. The molecule has 0 saturated carbocycles. The van der Waals surface area contributed by atoms with E-state index in [2.05, 4.69) is 5.32 Å². The number of nitrogens with two attached hydrogens (primary N) is 1. The van der Waals surface area contributed by atoms with Crippen molar-refractivity contribution < 1.29 is 4.79 Å². The van der Waals surface area contributed by atoms with E-state index >= 15 is 0 Å². The van der Waals surface area contributed by atoms with Crippen LogP contribution in [0.15, 0.2) is 42.5 Å². The minimum atomic E-state index is -0.0354. The summed E-state index contributed by atoms with van der Waals surface area (Å²) < 4.78 is 0. The number of nitrogens with one attached hydrogen (secondary N) is 1. The molecule has 1 amide bonds. The number of anilines is 1. The van der Waals surface area contributed by atoms with E-state index in [0.717, 1.165) is 27.9 Å². The van der Waals surface area contributed by atoms with Crippen LogP contribution in [0.4, 0.5) is 5.69 Å². The van der Waals surface area contributed by atoms with Gasteiger partial charge in [-0.25, -0.2) is 0 Å². The van der Waals surface area contributed by atoms with E-state index in [-0.39, 0.29) is 5.91 Å². The standard InChI is InChI=1S/C17H18N2OS/c1-11-3-4-12(2)14(9-11)10-16(20)19-15-7-5-13(6-8-15)17(18)21/h3-9H,10H2,1-2H3,(H2,18,21)(H,19,20). The molecule has 0 spiro atoms. The number of rotatable bonds is 4. The number of carbonyl (C=O) groups excluding carboxylic acids is 1. The van der Waals surface area contributed by atoms with Crippen molar-refractivity contribution in [2.24, 2.45) is 5.73 Å². The highest BCUT2D eigenvalue weighted by atomic mass is 32.1. The average Bonchev–Trinajstić information content (AvgIpc) is 2.43. The lowest BCUT2D eigenvalue weighted by molar-refractivity contribution is -0.115. The van der Waals surface area contributed by atoms with E-state index in [1.807, 2.05) is 32.0 Å². The van der Waals surface area contributed by atoms with Crippen LogP contribution in [0, 0.1) is 13.8 Å². The van der Waals surface area contributed by atoms with Gasteiger partial charge in [0.25, 0.3) is 0 Å². The monoisotopic (exact) mass is 298 g/mol. The van der Waals surface area contributed by atoms with Gasteiger partial charge in [0.1, 0.15) is 4.99 Å². The molecule has 3 nitrogen and oxygen atoms in total. The first-order chi connectivity index (χ1) is 9.95. The highest BCUT2D eigenvalue weighted by Gasteiger charge is 2.07. The lowest BCUT2D eigenvalue weighted by Gasteiger charge is -2.09. The number of hydrogen-bond acceptors (Lipinski definition) is 2. The third kappa shape index (κ3) is 4.13. The molecule has 0 bridgehead atoms. The number of aryl methyl sites for hydroxylation is 2. The fourth-order valence-electron chi connectivity index (χ4n) is 2.09. The largest absolute Gasteiger partial charge is 0.389 e. The quantitative estimate of drug-likeness (QED) is 0.853. The van der Waals surface area contributed by atoms with E-state index in [1.165, 1.54) is 0 Å². The van der Waals surface area contributed by atoms with Crippen molar-refractivity contribution in [3.8, 4) is 0 Å².